The zero-order chi connectivity index (χ0) is 10.1. The first-order valence-corrected chi connectivity index (χ1v) is 4.88. The van der Waals surface area contributed by atoms with Gasteiger partial charge in [0, 0.05) is 11.4 Å². The Morgan fingerprint density at radius 3 is 2.71 bits per heavy atom. The molecule has 3 nitrogen and oxygen atoms in total. The summed E-state index contributed by atoms with van der Waals surface area (Å²) in [5.74, 6) is 0. The molecule has 0 amide bonds. The molecule has 0 radical (unpaired) electrons. The molecule has 74 valence electrons. The maximum Gasteiger partial charge on any atom is 0.0686 e. The van der Waals surface area contributed by atoms with Crippen LogP contribution in [0.2, 0.25) is 0 Å². The molecule has 2 N–H and O–H groups in total. The van der Waals surface area contributed by atoms with Crippen LogP contribution in [0.5, 0.6) is 0 Å². The Kier molecular flexibility index (Phi) is 2.25. The van der Waals surface area contributed by atoms with Crippen molar-refractivity contribution in [3.63, 3.8) is 0 Å². The van der Waals surface area contributed by atoms with Gasteiger partial charge < -0.3 is 5.73 Å². The number of rotatable bonds is 2. The number of fused-ring (bicyclic) bond motifs is 1. The van der Waals surface area contributed by atoms with Crippen LogP contribution in [0.3, 0.4) is 0 Å². The molecule has 1 aromatic heterocycles. The monoisotopic (exact) mass is 189 g/mol. The van der Waals surface area contributed by atoms with Crippen LogP contribution in [-0.2, 0) is 0 Å². The van der Waals surface area contributed by atoms with Crippen LogP contribution in [-0.4, -0.2) is 15.8 Å². The standard InChI is InChI=1S/C11H15N3/c1-8(12)9(2)14-11-6-4-3-5-10(11)7-13-14/h3-9H,12H2,1-2H3. The molecule has 1 heterocycles. The Balaban J connectivity index is 2.53. The van der Waals surface area contributed by atoms with Crippen LogP contribution in [0.4, 0.5) is 0 Å². The third-order valence-corrected chi connectivity index (χ3v) is 2.65. The predicted octanol–water partition coefficient (Wildman–Crippen LogP) is 1.94. The third kappa shape index (κ3) is 1.40. The normalized spacial score (nSPS) is 15.6. The molecule has 0 aliphatic heterocycles. The lowest BCUT2D eigenvalue weighted by Crippen LogP contribution is -2.27. The van der Waals surface area contributed by atoms with Crippen LogP contribution >= 0.6 is 0 Å². The summed E-state index contributed by atoms with van der Waals surface area (Å²) in [7, 11) is 0. The summed E-state index contributed by atoms with van der Waals surface area (Å²) < 4.78 is 1.99. The lowest BCUT2D eigenvalue weighted by Gasteiger charge is -2.16. The fourth-order valence-electron chi connectivity index (χ4n) is 1.54. The highest BCUT2D eigenvalue weighted by atomic mass is 15.3. The van der Waals surface area contributed by atoms with Crippen molar-refractivity contribution >= 4 is 10.9 Å². The predicted molar refractivity (Wildman–Crippen MR) is 58.1 cm³/mol. The fourth-order valence-corrected chi connectivity index (χ4v) is 1.54. The molecule has 2 unspecified atom stereocenters. The van der Waals surface area contributed by atoms with Gasteiger partial charge in [-0.3, -0.25) is 4.68 Å². The molecule has 2 aromatic rings. The summed E-state index contributed by atoms with van der Waals surface area (Å²) in [6.45, 7) is 4.09. The Bertz CT molecular complexity index is 431. The maximum atomic E-state index is 5.86. The molecule has 3 heteroatoms. The zero-order valence-corrected chi connectivity index (χ0v) is 8.51. The summed E-state index contributed by atoms with van der Waals surface area (Å²) >= 11 is 0. The van der Waals surface area contributed by atoms with E-state index in [2.05, 4.69) is 24.2 Å². The number of hydrogen-bond acceptors (Lipinski definition) is 2. The Morgan fingerprint density at radius 1 is 1.29 bits per heavy atom. The van der Waals surface area contributed by atoms with Crippen molar-refractivity contribution < 1.29 is 0 Å². The average molecular weight is 189 g/mol. The highest BCUT2D eigenvalue weighted by Crippen LogP contribution is 2.18. The second-order valence-corrected chi connectivity index (χ2v) is 3.75. The number of hydrogen-bond donors (Lipinski definition) is 1. The summed E-state index contributed by atoms with van der Waals surface area (Å²) in [6.07, 6.45) is 1.88. The van der Waals surface area contributed by atoms with Gasteiger partial charge in [0.15, 0.2) is 0 Å². The maximum absolute atomic E-state index is 5.86. The lowest BCUT2D eigenvalue weighted by molar-refractivity contribution is 0.437. The van der Waals surface area contributed by atoms with Crippen molar-refractivity contribution in [1.29, 1.82) is 0 Å². The highest BCUT2D eigenvalue weighted by molar-refractivity contribution is 5.78. The molecule has 2 rings (SSSR count). The van der Waals surface area contributed by atoms with Crippen LogP contribution in [0.1, 0.15) is 19.9 Å². The number of nitrogens with two attached hydrogens (primary N) is 1. The van der Waals surface area contributed by atoms with Crippen molar-refractivity contribution in [2.75, 3.05) is 0 Å². The van der Waals surface area contributed by atoms with Gasteiger partial charge in [-0.05, 0) is 19.9 Å². The van der Waals surface area contributed by atoms with Crippen LogP contribution in [0, 0.1) is 0 Å². The van der Waals surface area contributed by atoms with Gasteiger partial charge in [0.25, 0.3) is 0 Å². The molecule has 1 aromatic carbocycles. The first-order valence-electron chi connectivity index (χ1n) is 4.88. The summed E-state index contributed by atoms with van der Waals surface area (Å²) in [4.78, 5) is 0. The van der Waals surface area contributed by atoms with Gasteiger partial charge in [0.05, 0.1) is 17.8 Å². The largest absolute Gasteiger partial charge is 0.326 e. The van der Waals surface area contributed by atoms with Crippen molar-refractivity contribution in [1.82, 2.24) is 9.78 Å². The van der Waals surface area contributed by atoms with E-state index in [1.807, 2.05) is 29.9 Å². The van der Waals surface area contributed by atoms with E-state index in [1.54, 1.807) is 0 Å². The van der Waals surface area contributed by atoms with E-state index in [-0.39, 0.29) is 12.1 Å². The number of aromatic nitrogens is 2. The number of benzene rings is 1. The van der Waals surface area contributed by atoms with E-state index in [0.29, 0.717) is 0 Å². The average Bonchev–Trinajstić information content (AvgIpc) is 2.60. The van der Waals surface area contributed by atoms with Gasteiger partial charge in [0.2, 0.25) is 0 Å². The molecular formula is C11H15N3. The molecule has 14 heavy (non-hydrogen) atoms. The van der Waals surface area contributed by atoms with Crippen molar-refractivity contribution in [3.8, 4) is 0 Å². The lowest BCUT2D eigenvalue weighted by atomic mass is 10.2. The van der Waals surface area contributed by atoms with E-state index in [0.717, 1.165) is 5.52 Å². The van der Waals surface area contributed by atoms with Crippen molar-refractivity contribution in [2.45, 2.75) is 25.9 Å². The van der Waals surface area contributed by atoms with Gasteiger partial charge in [0.1, 0.15) is 0 Å². The summed E-state index contributed by atoms with van der Waals surface area (Å²) in [6, 6.07) is 8.51. The second-order valence-electron chi connectivity index (χ2n) is 3.75. The first-order chi connectivity index (χ1) is 6.70. The highest BCUT2D eigenvalue weighted by Gasteiger charge is 2.12. The topological polar surface area (TPSA) is 43.8 Å². The van der Waals surface area contributed by atoms with Gasteiger partial charge in [-0.2, -0.15) is 5.10 Å². The van der Waals surface area contributed by atoms with E-state index in [4.69, 9.17) is 5.73 Å². The van der Waals surface area contributed by atoms with Gasteiger partial charge in [-0.1, -0.05) is 18.2 Å². The molecular weight excluding hydrogens is 174 g/mol. The third-order valence-electron chi connectivity index (χ3n) is 2.65. The van der Waals surface area contributed by atoms with E-state index in [9.17, 15) is 0 Å². The minimum atomic E-state index is 0.110. The summed E-state index contributed by atoms with van der Waals surface area (Å²) in [5.41, 5.74) is 7.01. The van der Waals surface area contributed by atoms with Gasteiger partial charge in [-0.25, -0.2) is 0 Å². The molecule has 0 bridgehead atoms. The Morgan fingerprint density at radius 2 is 2.00 bits per heavy atom. The molecule has 0 spiro atoms. The smallest absolute Gasteiger partial charge is 0.0686 e. The number of para-hydroxylation sites is 1. The molecule has 0 aliphatic rings. The minimum absolute atomic E-state index is 0.110. The molecule has 0 saturated carbocycles. The second kappa shape index (κ2) is 3.42. The molecule has 0 saturated heterocycles. The Hall–Kier alpha value is -1.35. The van der Waals surface area contributed by atoms with Crippen molar-refractivity contribution in [2.24, 2.45) is 5.73 Å². The fraction of sp³-hybridized carbons (Fsp3) is 0.364. The molecule has 0 aliphatic carbocycles. The quantitative estimate of drug-likeness (QED) is 0.784. The molecule has 0 fully saturated rings. The Labute approximate surface area is 83.5 Å². The van der Waals surface area contributed by atoms with E-state index >= 15 is 0 Å². The van der Waals surface area contributed by atoms with Crippen LogP contribution in [0.25, 0.3) is 10.9 Å². The first kappa shape index (κ1) is 9.21. The number of nitrogens with zero attached hydrogens (tertiary/aromatic N) is 2. The molecule has 2 atom stereocenters. The SMILES string of the molecule is CC(N)C(C)n1ncc2ccccc21. The van der Waals surface area contributed by atoms with Crippen LogP contribution in [0.15, 0.2) is 30.5 Å². The zero-order valence-electron chi connectivity index (χ0n) is 8.51. The van der Waals surface area contributed by atoms with Gasteiger partial charge >= 0.3 is 0 Å². The van der Waals surface area contributed by atoms with Crippen LogP contribution < -0.4 is 5.73 Å². The van der Waals surface area contributed by atoms with Gasteiger partial charge in [-0.15, -0.1) is 0 Å². The van der Waals surface area contributed by atoms with E-state index < -0.39 is 0 Å². The van der Waals surface area contributed by atoms with E-state index in [1.165, 1.54) is 5.39 Å². The minimum Gasteiger partial charge on any atom is -0.326 e. The summed E-state index contributed by atoms with van der Waals surface area (Å²) in [5, 5.41) is 5.52. The van der Waals surface area contributed by atoms with Crippen molar-refractivity contribution in [3.05, 3.63) is 30.5 Å².